The molecule has 7 heteroatoms. The molecule has 0 saturated carbocycles. The number of fused-ring (bicyclic) bond motifs is 1. The molecule has 2 aromatic heterocycles. The first-order valence-electron chi connectivity index (χ1n) is 6.51. The van der Waals surface area contributed by atoms with Gasteiger partial charge in [0.25, 0.3) is 5.91 Å². The Balaban J connectivity index is 1.87. The molecule has 1 N–H and O–H groups in total. The van der Waals surface area contributed by atoms with Gasteiger partial charge in [0.15, 0.2) is 5.69 Å². The average Bonchev–Trinajstić information content (AvgIpc) is 2.85. The number of halogens is 1. The molecule has 112 valence electrons. The molecule has 0 unspecified atom stereocenters. The van der Waals surface area contributed by atoms with Crippen LogP contribution in [0, 0.1) is 0 Å². The lowest BCUT2D eigenvalue weighted by Crippen LogP contribution is -2.13. The number of pyridine rings is 1. The van der Waals surface area contributed by atoms with E-state index in [2.05, 4.69) is 31.3 Å². The molecule has 22 heavy (non-hydrogen) atoms. The number of methoxy groups -OCH3 is 1. The largest absolute Gasteiger partial charge is 0.497 e. The molecule has 3 rings (SSSR count). The first kappa shape index (κ1) is 14.5. The predicted molar refractivity (Wildman–Crippen MR) is 87.2 cm³/mol. The molecule has 3 aromatic rings. The van der Waals surface area contributed by atoms with Gasteiger partial charge in [0.05, 0.1) is 29.0 Å². The van der Waals surface area contributed by atoms with Crippen molar-refractivity contribution in [3.63, 3.8) is 0 Å². The molecule has 0 aliphatic rings. The van der Waals surface area contributed by atoms with Gasteiger partial charge < -0.3 is 10.1 Å². The number of rotatable bonds is 3. The Hall–Kier alpha value is -2.41. The Bertz CT molecular complexity index is 860. The van der Waals surface area contributed by atoms with Crippen molar-refractivity contribution in [2.75, 3.05) is 12.4 Å². The van der Waals surface area contributed by atoms with Gasteiger partial charge in [0.1, 0.15) is 5.75 Å². The van der Waals surface area contributed by atoms with Crippen LogP contribution in [0.3, 0.4) is 0 Å². The van der Waals surface area contributed by atoms with E-state index in [0.717, 1.165) is 16.7 Å². The van der Waals surface area contributed by atoms with Gasteiger partial charge in [0.2, 0.25) is 0 Å². The Labute approximate surface area is 135 Å². The van der Waals surface area contributed by atoms with Crippen LogP contribution in [-0.4, -0.2) is 27.8 Å². The minimum absolute atomic E-state index is 0.290. The molecule has 0 aliphatic carbocycles. The van der Waals surface area contributed by atoms with E-state index in [1.165, 1.54) is 0 Å². The van der Waals surface area contributed by atoms with E-state index in [4.69, 9.17) is 4.74 Å². The van der Waals surface area contributed by atoms with Crippen LogP contribution in [0.1, 0.15) is 10.5 Å². The van der Waals surface area contributed by atoms with Crippen LogP contribution >= 0.6 is 15.9 Å². The maximum absolute atomic E-state index is 12.2. The number of anilines is 1. The van der Waals surface area contributed by atoms with Crippen molar-refractivity contribution < 1.29 is 9.53 Å². The lowest BCUT2D eigenvalue weighted by Gasteiger charge is -2.06. The third kappa shape index (κ3) is 2.80. The van der Waals surface area contributed by atoms with Crippen molar-refractivity contribution in [2.45, 2.75) is 0 Å². The minimum Gasteiger partial charge on any atom is -0.497 e. The summed E-state index contributed by atoms with van der Waals surface area (Å²) >= 11 is 3.31. The van der Waals surface area contributed by atoms with Crippen LogP contribution in [0.4, 0.5) is 5.69 Å². The van der Waals surface area contributed by atoms with E-state index < -0.39 is 0 Å². The highest BCUT2D eigenvalue weighted by Gasteiger charge is 2.14. The van der Waals surface area contributed by atoms with Crippen molar-refractivity contribution in [2.24, 2.45) is 7.05 Å². The minimum atomic E-state index is -0.290. The number of nitrogens with one attached hydrogen (secondary N) is 1. The summed E-state index contributed by atoms with van der Waals surface area (Å²) in [6, 6.07) is 7.45. The zero-order valence-corrected chi connectivity index (χ0v) is 13.6. The first-order valence-corrected chi connectivity index (χ1v) is 7.30. The van der Waals surface area contributed by atoms with Gasteiger partial charge in [-0.2, -0.15) is 5.10 Å². The standard InChI is InChI=1S/C15H13BrN4O2/c1-20-8-12(16)14(19-20)15(21)18-10-5-9-3-4-11(22-2)6-13(9)17-7-10/h3-8H,1-2H3,(H,18,21). The second-order valence-electron chi connectivity index (χ2n) is 4.74. The summed E-state index contributed by atoms with van der Waals surface area (Å²) in [6.45, 7) is 0. The summed E-state index contributed by atoms with van der Waals surface area (Å²) < 4.78 is 7.38. The van der Waals surface area contributed by atoms with Crippen LogP contribution in [0.25, 0.3) is 10.9 Å². The fourth-order valence-electron chi connectivity index (χ4n) is 2.10. The molecule has 6 nitrogen and oxygen atoms in total. The summed E-state index contributed by atoms with van der Waals surface area (Å²) in [5.74, 6) is 0.455. The van der Waals surface area contributed by atoms with Gasteiger partial charge in [-0.05, 0) is 34.1 Å². The number of hydrogen-bond donors (Lipinski definition) is 1. The van der Waals surface area contributed by atoms with Crippen molar-refractivity contribution in [3.8, 4) is 5.75 Å². The maximum Gasteiger partial charge on any atom is 0.277 e. The van der Waals surface area contributed by atoms with E-state index in [9.17, 15) is 4.79 Å². The van der Waals surface area contributed by atoms with E-state index in [-0.39, 0.29) is 5.91 Å². The summed E-state index contributed by atoms with van der Waals surface area (Å²) in [5, 5.41) is 7.82. The normalized spacial score (nSPS) is 10.7. The molecule has 2 heterocycles. The molecule has 1 amide bonds. The number of nitrogens with zero attached hydrogens (tertiary/aromatic N) is 3. The summed E-state index contributed by atoms with van der Waals surface area (Å²) in [6.07, 6.45) is 3.33. The number of benzene rings is 1. The molecular formula is C15H13BrN4O2. The highest BCUT2D eigenvalue weighted by Crippen LogP contribution is 2.22. The van der Waals surface area contributed by atoms with Crippen LogP contribution in [-0.2, 0) is 7.05 Å². The van der Waals surface area contributed by atoms with Gasteiger partial charge in [-0.1, -0.05) is 0 Å². The average molecular weight is 361 g/mol. The number of amides is 1. The summed E-state index contributed by atoms with van der Waals surface area (Å²) in [5.41, 5.74) is 1.74. The van der Waals surface area contributed by atoms with Gasteiger partial charge >= 0.3 is 0 Å². The molecule has 0 radical (unpaired) electrons. The Kier molecular flexibility index (Phi) is 3.81. The lowest BCUT2D eigenvalue weighted by atomic mass is 10.2. The van der Waals surface area contributed by atoms with E-state index in [1.54, 1.807) is 31.2 Å². The fourth-order valence-corrected chi connectivity index (χ4v) is 2.66. The number of carbonyl (C=O) groups is 1. The van der Waals surface area contributed by atoms with Gasteiger partial charge in [-0.15, -0.1) is 0 Å². The van der Waals surface area contributed by atoms with Crippen LogP contribution < -0.4 is 10.1 Å². The van der Waals surface area contributed by atoms with E-state index in [1.807, 2.05) is 24.3 Å². The molecule has 0 spiro atoms. The molecular weight excluding hydrogens is 348 g/mol. The highest BCUT2D eigenvalue weighted by molar-refractivity contribution is 9.10. The number of ether oxygens (including phenoxy) is 1. The van der Waals surface area contributed by atoms with Crippen molar-refractivity contribution >= 4 is 38.4 Å². The van der Waals surface area contributed by atoms with E-state index in [0.29, 0.717) is 15.9 Å². The Morgan fingerprint density at radius 2 is 2.18 bits per heavy atom. The first-order chi connectivity index (χ1) is 10.6. The monoisotopic (exact) mass is 360 g/mol. The molecule has 0 fully saturated rings. The number of aromatic nitrogens is 3. The smallest absolute Gasteiger partial charge is 0.277 e. The quantitative estimate of drug-likeness (QED) is 0.779. The predicted octanol–water partition coefficient (Wildman–Crippen LogP) is 2.99. The number of hydrogen-bond acceptors (Lipinski definition) is 4. The van der Waals surface area contributed by atoms with Gasteiger partial charge in [0, 0.05) is 24.7 Å². The molecule has 0 saturated heterocycles. The summed E-state index contributed by atoms with van der Waals surface area (Å²) in [7, 11) is 3.37. The zero-order valence-electron chi connectivity index (χ0n) is 12.0. The molecule has 0 aliphatic heterocycles. The number of aryl methyl sites for hydroxylation is 1. The molecule has 1 aromatic carbocycles. The van der Waals surface area contributed by atoms with E-state index >= 15 is 0 Å². The van der Waals surface area contributed by atoms with Crippen molar-refractivity contribution in [1.29, 1.82) is 0 Å². The van der Waals surface area contributed by atoms with Crippen molar-refractivity contribution in [3.05, 3.63) is 46.8 Å². The fraction of sp³-hybridized carbons (Fsp3) is 0.133. The Morgan fingerprint density at radius 3 is 2.86 bits per heavy atom. The SMILES string of the molecule is COc1ccc2cc(NC(=O)c3nn(C)cc3Br)cnc2c1. The maximum atomic E-state index is 12.2. The van der Waals surface area contributed by atoms with Gasteiger partial charge in [-0.3, -0.25) is 14.5 Å². The second kappa shape index (κ2) is 5.76. The Morgan fingerprint density at radius 1 is 1.36 bits per heavy atom. The van der Waals surface area contributed by atoms with Gasteiger partial charge in [-0.25, -0.2) is 0 Å². The second-order valence-corrected chi connectivity index (χ2v) is 5.59. The highest BCUT2D eigenvalue weighted by atomic mass is 79.9. The third-order valence-corrected chi connectivity index (χ3v) is 3.73. The van der Waals surface area contributed by atoms with Crippen molar-refractivity contribution in [1.82, 2.24) is 14.8 Å². The van der Waals surface area contributed by atoms with Crippen LogP contribution in [0.2, 0.25) is 0 Å². The van der Waals surface area contributed by atoms with Crippen LogP contribution in [0.15, 0.2) is 41.1 Å². The molecule has 0 atom stereocenters. The number of carbonyl (C=O) groups excluding carboxylic acids is 1. The zero-order chi connectivity index (χ0) is 15.7. The van der Waals surface area contributed by atoms with Crippen LogP contribution in [0.5, 0.6) is 5.75 Å². The lowest BCUT2D eigenvalue weighted by molar-refractivity contribution is 0.102. The summed E-state index contributed by atoms with van der Waals surface area (Å²) in [4.78, 5) is 16.6. The topological polar surface area (TPSA) is 69.0 Å². The third-order valence-electron chi connectivity index (χ3n) is 3.15. The molecule has 0 bridgehead atoms.